The fourth-order valence-electron chi connectivity index (χ4n) is 3.37. The van der Waals surface area contributed by atoms with Crippen molar-refractivity contribution >= 4 is 17.3 Å². The minimum absolute atomic E-state index is 0.0168. The van der Waals surface area contributed by atoms with E-state index < -0.39 is 5.56 Å². The average molecular weight is 450 g/mol. The largest absolute Gasteiger partial charge is 0.493 e. The van der Waals surface area contributed by atoms with Gasteiger partial charge in [-0.1, -0.05) is 45.1 Å². The molecule has 2 N–H and O–H groups in total. The number of hydrogen-bond acceptors (Lipinski definition) is 6. The van der Waals surface area contributed by atoms with Crippen LogP contribution in [0.4, 0.5) is 11.4 Å². The number of aromatic nitrogens is 1. The van der Waals surface area contributed by atoms with Gasteiger partial charge < -0.3 is 10.4 Å². The number of carbonyl (C=O) groups excluding carboxylic acids is 1. The first-order chi connectivity index (χ1) is 15.9. The number of nitriles is 1. The van der Waals surface area contributed by atoms with Crippen LogP contribution in [0.3, 0.4) is 0 Å². The van der Waals surface area contributed by atoms with Crippen LogP contribution in [0, 0.1) is 18.3 Å². The number of hydrogen-bond donors (Lipinski definition) is 2. The Morgan fingerprint density at radius 3 is 2.48 bits per heavy atom. The van der Waals surface area contributed by atoms with Crippen LogP contribution in [0.1, 0.15) is 66.9 Å². The van der Waals surface area contributed by atoms with Gasteiger partial charge in [-0.15, -0.1) is 11.7 Å². The summed E-state index contributed by atoms with van der Waals surface area (Å²) in [6.07, 6.45) is 7.79. The number of amides is 1. The van der Waals surface area contributed by atoms with Gasteiger partial charge in [-0.2, -0.15) is 10.4 Å². The van der Waals surface area contributed by atoms with Gasteiger partial charge in [0.05, 0.1) is 5.69 Å². The summed E-state index contributed by atoms with van der Waals surface area (Å²) < 4.78 is 1.20. The number of unbranched alkanes of at least 4 members (excludes halogenated alkanes) is 5. The van der Waals surface area contributed by atoms with Crippen LogP contribution in [0.2, 0.25) is 0 Å². The predicted octanol–water partition coefficient (Wildman–Crippen LogP) is 5.43. The molecular formula is C25H31N5O3. The Balaban J connectivity index is 2.24. The Kier molecular flexibility index (Phi) is 10.0. The van der Waals surface area contributed by atoms with Crippen LogP contribution in [0.15, 0.2) is 51.9 Å². The van der Waals surface area contributed by atoms with Crippen molar-refractivity contribution in [3.63, 3.8) is 0 Å². The summed E-state index contributed by atoms with van der Waals surface area (Å²) in [4.78, 5) is 25.0. The van der Waals surface area contributed by atoms with E-state index in [1.807, 2.05) is 6.07 Å². The highest BCUT2D eigenvalue weighted by Gasteiger charge is 2.19. The van der Waals surface area contributed by atoms with E-state index in [1.165, 1.54) is 11.0 Å². The maximum absolute atomic E-state index is 13.0. The molecule has 0 aliphatic heterocycles. The van der Waals surface area contributed by atoms with Crippen LogP contribution in [-0.2, 0) is 6.54 Å². The Hall–Kier alpha value is -3.73. The number of benzene rings is 1. The van der Waals surface area contributed by atoms with Gasteiger partial charge in [0.15, 0.2) is 5.69 Å². The maximum Gasteiger partial charge on any atom is 0.281 e. The smallest absolute Gasteiger partial charge is 0.281 e. The molecular weight excluding hydrogens is 418 g/mol. The van der Waals surface area contributed by atoms with E-state index in [2.05, 4.69) is 29.0 Å². The lowest BCUT2D eigenvalue weighted by molar-refractivity contribution is 0.0958. The monoisotopic (exact) mass is 449 g/mol. The third-order valence-corrected chi connectivity index (χ3v) is 5.31. The van der Waals surface area contributed by atoms with Crippen molar-refractivity contribution in [2.24, 2.45) is 10.2 Å². The van der Waals surface area contributed by atoms with E-state index in [0.29, 0.717) is 24.3 Å². The van der Waals surface area contributed by atoms with Gasteiger partial charge in [-0.3, -0.25) is 14.2 Å². The zero-order valence-electron chi connectivity index (χ0n) is 19.3. The number of azo groups is 1. The van der Waals surface area contributed by atoms with Gasteiger partial charge in [-0.25, -0.2) is 0 Å². The highest BCUT2D eigenvalue weighted by atomic mass is 16.3. The van der Waals surface area contributed by atoms with Crippen molar-refractivity contribution < 1.29 is 9.90 Å². The van der Waals surface area contributed by atoms with Crippen molar-refractivity contribution in [1.29, 1.82) is 5.26 Å². The van der Waals surface area contributed by atoms with Crippen LogP contribution < -0.4 is 10.9 Å². The molecule has 8 heteroatoms. The zero-order chi connectivity index (χ0) is 24.2. The molecule has 0 spiro atoms. The number of nitrogens with zero attached hydrogens (tertiary/aromatic N) is 4. The second-order valence-corrected chi connectivity index (χ2v) is 7.75. The van der Waals surface area contributed by atoms with Gasteiger partial charge >= 0.3 is 0 Å². The Morgan fingerprint density at radius 2 is 1.85 bits per heavy atom. The maximum atomic E-state index is 13.0. The second-order valence-electron chi connectivity index (χ2n) is 7.75. The molecule has 0 saturated heterocycles. The minimum Gasteiger partial charge on any atom is -0.493 e. The summed E-state index contributed by atoms with van der Waals surface area (Å²) >= 11 is 0. The molecule has 0 saturated carbocycles. The Bertz CT molecular complexity index is 1090. The van der Waals surface area contributed by atoms with Crippen molar-refractivity contribution in [2.45, 2.75) is 58.9 Å². The molecule has 0 aliphatic carbocycles. The zero-order valence-corrected chi connectivity index (χ0v) is 19.3. The summed E-state index contributed by atoms with van der Waals surface area (Å²) in [6.45, 7) is 7.95. The topological polar surface area (TPSA) is 120 Å². The second kappa shape index (κ2) is 13.0. The lowest BCUT2D eigenvalue weighted by Gasteiger charge is -2.13. The molecule has 1 aromatic carbocycles. The van der Waals surface area contributed by atoms with Crippen LogP contribution in [0.5, 0.6) is 5.88 Å². The quantitative estimate of drug-likeness (QED) is 0.255. The molecule has 0 bridgehead atoms. The standard InChI is InChI=1S/C25H31N5O3/c1-4-6-7-8-9-10-16-30-24(32)21(17-26)18(3)22(25(30)33)29-28-20-13-11-19(12-14-20)23(31)27-15-5-2/h5,11-14,32H,2,4,6-10,15-16H2,1,3H3,(H,27,31). The van der Waals surface area contributed by atoms with Crippen molar-refractivity contribution in [2.75, 3.05) is 6.54 Å². The van der Waals surface area contributed by atoms with Gasteiger partial charge in [0, 0.05) is 24.2 Å². The first-order valence-corrected chi connectivity index (χ1v) is 11.2. The number of carbonyl (C=O) groups is 1. The minimum atomic E-state index is -0.485. The van der Waals surface area contributed by atoms with E-state index in [1.54, 1.807) is 37.3 Å². The number of aromatic hydroxyl groups is 1. The molecule has 0 radical (unpaired) electrons. The van der Waals surface area contributed by atoms with Gasteiger partial charge in [0.25, 0.3) is 11.5 Å². The predicted molar refractivity (Wildman–Crippen MR) is 128 cm³/mol. The van der Waals surface area contributed by atoms with E-state index in [9.17, 15) is 20.0 Å². The van der Waals surface area contributed by atoms with Crippen LogP contribution in [0.25, 0.3) is 0 Å². The molecule has 174 valence electrons. The molecule has 8 nitrogen and oxygen atoms in total. The molecule has 2 rings (SSSR count). The SMILES string of the molecule is C=CCNC(=O)c1ccc(N=Nc2c(C)c(C#N)c(O)n(CCCCCCCC)c2=O)cc1. The summed E-state index contributed by atoms with van der Waals surface area (Å²) in [5.74, 6) is -0.564. The van der Waals surface area contributed by atoms with Gasteiger partial charge in [0.2, 0.25) is 5.88 Å². The third kappa shape index (κ3) is 6.88. The summed E-state index contributed by atoms with van der Waals surface area (Å²) in [5.41, 5.74) is 0.741. The Labute approximate surface area is 194 Å². The highest BCUT2D eigenvalue weighted by Crippen LogP contribution is 2.27. The van der Waals surface area contributed by atoms with E-state index in [0.717, 1.165) is 32.1 Å². The lowest BCUT2D eigenvalue weighted by Crippen LogP contribution is -2.22. The summed E-state index contributed by atoms with van der Waals surface area (Å²) in [5, 5.41) is 30.9. The van der Waals surface area contributed by atoms with E-state index in [-0.39, 0.29) is 28.6 Å². The first-order valence-electron chi connectivity index (χ1n) is 11.2. The van der Waals surface area contributed by atoms with Crippen molar-refractivity contribution in [3.05, 3.63) is 64.0 Å². The Morgan fingerprint density at radius 1 is 1.18 bits per heavy atom. The summed E-state index contributed by atoms with van der Waals surface area (Å²) in [7, 11) is 0. The first kappa shape index (κ1) is 25.5. The molecule has 0 atom stereocenters. The summed E-state index contributed by atoms with van der Waals surface area (Å²) in [6, 6.07) is 8.40. The molecule has 0 fully saturated rings. The molecule has 33 heavy (non-hydrogen) atoms. The third-order valence-electron chi connectivity index (χ3n) is 5.31. The number of nitrogens with one attached hydrogen (secondary N) is 1. The van der Waals surface area contributed by atoms with E-state index in [4.69, 9.17) is 0 Å². The molecule has 2 aromatic rings. The fourth-order valence-corrected chi connectivity index (χ4v) is 3.37. The van der Waals surface area contributed by atoms with Gasteiger partial charge in [-0.05, 0) is 37.6 Å². The molecule has 0 aliphatic rings. The average Bonchev–Trinajstić information content (AvgIpc) is 2.82. The van der Waals surface area contributed by atoms with Crippen LogP contribution in [-0.4, -0.2) is 22.1 Å². The number of rotatable bonds is 12. The normalized spacial score (nSPS) is 10.8. The van der Waals surface area contributed by atoms with Crippen molar-refractivity contribution in [3.8, 4) is 11.9 Å². The molecule has 1 heterocycles. The molecule has 0 unspecified atom stereocenters. The molecule has 1 aromatic heterocycles. The number of pyridine rings is 1. The van der Waals surface area contributed by atoms with E-state index >= 15 is 0 Å². The lowest BCUT2D eigenvalue weighted by atomic mass is 10.1. The van der Waals surface area contributed by atoms with Gasteiger partial charge in [0.1, 0.15) is 11.6 Å². The highest BCUT2D eigenvalue weighted by molar-refractivity contribution is 5.94. The van der Waals surface area contributed by atoms with Crippen LogP contribution >= 0.6 is 0 Å². The molecule has 1 amide bonds. The fraction of sp³-hybridized carbons (Fsp3) is 0.400. The van der Waals surface area contributed by atoms with Crippen molar-refractivity contribution in [1.82, 2.24) is 9.88 Å².